The van der Waals surface area contributed by atoms with Gasteiger partial charge in [0.25, 0.3) is 5.78 Å². The van der Waals surface area contributed by atoms with Gasteiger partial charge in [0, 0.05) is 29.2 Å². The molecule has 0 radical (unpaired) electrons. The quantitative estimate of drug-likeness (QED) is 0.229. The third-order valence-corrected chi connectivity index (χ3v) is 5.41. The Morgan fingerprint density at radius 1 is 0.875 bits per heavy atom. The molecule has 1 heterocycles. The summed E-state index contributed by atoms with van der Waals surface area (Å²) in [5.74, 6) is -1.51. The minimum absolute atomic E-state index is 0.00677. The summed E-state index contributed by atoms with van der Waals surface area (Å²) in [4.78, 5) is 36.6. The summed E-state index contributed by atoms with van der Waals surface area (Å²) in [6, 6.07) is 23.1. The first-order chi connectivity index (χ1) is 15.5. The zero-order valence-corrected chi connectivity index (χ0v) is 18.0. The molecule has 0 bridgehead atoms. The van der Waals surface area contributed by atoms with Crippen LogP contribution in [0.2, 0.25) is 0 Å². The van der Waals surface area contributed by atoms with Crippen molar-refractivity contribution in [2.24, 2.45) is 0 Å². The molecule has 4 rings (SSSR count). The maximum absolute atomic E-state index is 12.9. The third kappa shape index (κ3) is 4.23. The number of carbonyl (C=O) groups excluding carboxylic acids is 3. The molecule has 32 heavy (non-hydrogen) atoms. The van der Waals surface area contributed by atoms with E-state index in [2.05, 4.69) is 0 Å². The number of hydrogen-bond donors (Lipinski definition) is 0. The van der Waals surface area contributed by atoms with Gasteiger partial charge in [0.15, 0.2) is 5.78 Å². The first kappa shape index (κ1) is 21.2. The second kappa shape index (κ2) is 9.02. The van der Waals surface area contributed by atoms with Crippen molar-refractivity contribution in [2.45, 2.75) is 20.4 Å². The fraction of sp³-hybridized carbons (Fsp3) is 0.148. The minimum atomic E-state index is -0.859. The molecule has 5 nitrogen and oxygen atoms in total. The van der Waals surface area contributed by atoms with Crippen LogP contribution >= 0.6 is 0 Å². The number of hydrogen-bond acceptors (Lipinski definition) is 4. The molecule has 0 saturated heterocycles. The van der Waals surface area contributed by atoms with Crippen molar-refractivity contribution in [1.82, 2.24) is 4.57 Å². The molecule has 5 heteroatoms. The Bertz CT molecular complexity index is 1300. The van der Waals surface area contributed by atoms with Gasteiger partial charge in [-0.05, 0) is 42.7 Å². The fourth-order valence-corrected chi connectivity index (χ4v) is 3.77. The average molecular weight is 425 g/mol. The van der Waals surface area contributed by atoms with Crippen LogP contribution in [-0.4, -0.2) is 28.7 Å². The van der Waals surface area contributed by atoms with E-state index in [9.17, 15) is 14.4 Å². The molecule has 0 spiro atoms. The van der Waals surface area contributed by atoms with Gasteiger partial charge in [0.2, 0.25) is 0 Å². The topological polar surface area (TPSA) is 65.4 Å². The van der Waals surface area contributed by atoms with Gasteiger partial charge in [-0.15, -0.1) is 0 Å². The first-order valence-electron chi connectivity index (χ1n) is 10.5. The Kier molecular flexibility index (Phi) is 5.99. The molecule has 0 atom stereocenters. The number of Topliss-reactive ketones (excluding diaryl/α,β-unsaturated/α-hetero) is 2. The van der Waals surface area contributed by atoms with Crippen LogP contribution in [0.25, 0.3) is 22.0 Å². The lowest BCUT2D eigenvalue weighted by Crippen LogP contribution is -2.17. The summed E-state index contributed by atoms with van der Waals surface area (Å²) in [6.45, 7) is 3.91. The predicted molar refractivity (Wildman–Crippen MR) is 124 cm³/mol. The van der Waals surface area contributed by atoms with Gasteiger partial charge in [-0.3, -0.25) is 9.59 Å². The van der Waals surface area contributed by atoms with E-state index >= 15 is 0 Å². The number of rotatable bonds is 7. The summed E-state index contributed by atoms with van der Waals surface area (Å²) in [7, 11) is 0. The van der Waals surface area contributed by atoms with E-state index in [0.29, 0.717) is 23.1 Å². The Labute approximate surface area is 186 Å². The van der Waals surface area contributed by atoms with Crippen molar-refractivity contribution >= 4 is 28.4 Å². The van der Waals surface area contributed by atoms with E-state index in [1.165, 1.54) is 6.92 Å². The third-order valence-electron chi connectivity index (χ3n) is 5.41. The molecule has 0 saturated carbocycles. The molecule has 0 unspecified atom stereocenters. The van der Waals surface area contributed by atoms with E-state index in [1.54, 1.807) is 25.3 Å². The van der Waals surface area contributed by atoms with Gasteiger partial charge in [0.05, 0.1) is 12.2 Å². The summed E-state index contributed by atoms with van der Waals surface area (Å²) in [5, 5.41) is 0.687. The Balaban J connectivity index is 1.81. The molecule has 0 aliphatic carbocycles. The maximum Gasteiger partial charge on any atom is 0.379 e. The number of ether oxygens (including phenoxy) is 1. The molecule has 0 N–H and O–H groups in total. The van der Waals surface area contributed by atoms with Gasteiger partial charge in [-0.25, -0.2) is 4.79 Å². The van der Waals surface area contributed by atoms with Gasteiger partial charge >= 0.3 is 5.97 Å². The zero-order valence-electron chi connectivity index (χ0n) is 18.0. The summed E-state index contributed by atoms with van der Waals surface area (Å²) in [6.07, 6.45) is 1.72. The highest BCUT2D eigenvalue weighted by Gasteiger charge is 2.23. The highest BCUT2D eigenvalue weighted by atomic mass is 16.5. The first-order valence-corrected chi connectivity index (χ1v) is 10.5. The summed E-state index contributed by atoms with van der Waals surface area (Å²) >= 11 is 0. The Hall–Kier alpha value is -3.99. The van der Waals surface area contributed by atoms with Crippen molar-refractivity contribution in [3.05, 3.63) is 95.7 Å². The number of benzene rings is 3. The fourth-order valence-electron chi connectivity index (χ4n) is 3.77. The lowest BCUT2D eigenvalue weighted by atomic mass is 10.00. The van der Waals surface area contributed by atoms with Crippen LogP contribution in [0, 0.1) is 0 Å². The van der Waals surface area contributed by atoms with Crippen LogP contribution in [0.5, 0.6) is 0 Å². The van der Waals surface area contributed by atoms with Crippen molar-refractivity contribution in [3.8, 4) is 11.1 Å². The molecule has 0 amide bonds. The second-order valence-electron chi connectivity index (χ2n) is 7.57. The largest absolute Gasteiger partial charge is 0.460 e. The zero-order chi connectivity index (χ0) is 22.7. The number of aromatic nitrogens is 1. The highest BCUT2D eigenvalue weighted by molar-refractivity contribution is 6.43. The minimum Gasteiger partial charge on any atom is -0.460 e. The van der Waals surface area contributed by atoms with Crippen LogP contribution in [0.4, 0.5) is 0 Å². The second-order valence-corrected chi connectivity index (χ2v) is 7.57. The van der Waals surface area contributed by atoms with E-state index < -0.39 is 11.8 Å². The van der Waals surface area contributed by atoms with Crippen LogP contribution in [0.3, 0.4) is 0 Å². The van der Waals surface area contributed by atoms with Gasteiger partial charge in [-0.2, -0.15) is 0 Å². The van der Waals surface area contributed by atoms with Gasteiger partial charge in [0.1, 0.15) is 0 Å². The molecule has 0 aliphatic heterocycles. The number of nitrogens with zero attached hydrogens (tertiary/aromatic N) is 1. The molecule has 3 aromatic carbocycles. The number of ketones is 2. The number of esters is 1. The lowest BCUT2D eigenvalue weighted by Gasteiger charge is -2.07. The Morgan fingerprint density at radius 2 is 1.56 bits per heavy atom. The lowest BCUT2D eigenvalue weighted by molar-refractivity contribution is -0.137. The molecular weight excluding hydrogens is 402 g/mol. The molecule has 160 valence electrons. The Morgan fingerprint density at radius 3 is 2.22 bits per heavy atom. The van der Waals surface area contributed by atoms with Crippen molar-refractivity contribution in [1.29, 1.82) is 0 Å². The van der Waals surface area contributed by atoms with Crippen LogP contribution in [-0.2, 0) is 16.1 Å². The summed E-state index contributed by atoms with van der Waals surface area (Å²) in [5.41, 5.74) is 4.71. The number of fused-ring (bicyclic) bond motifs is 1. The smallest absolute Gasteiger partial charge is 0.379 e. The van der Waals surface area contributed by atoms with Crippen LogP contribution in [0.15, 0.2) is 79.0 Å². The van der Waals surface area contributed by atoms with E-state index in [-0.39, 0.29) is 12.4 Å². The highest BCUT2D eigenvalue weighted by Crippen LogP contribution is 2.29. The molecular formula is C27H23NO4. The normalized spacial score (nSPS) is 10.8. The predicted octanol–water partition coefficient (Wildman–Crippen LogP) is 5.31. The van der Waals surface area contributed by atoms with Gasteiger partial charge in [-0.1, -0.05) is 60.7 Å². The molecule has 0 fully saturated rings. The van der Waals surface area contributed by atoms with Crippen LogP contribution < -0.4 is 0 Å². The number of carbonyl (C=O) groups is 3. The summed E-state index contributed by atoms with van der Waals surface area (Å²) < 4.78 is 6.93. The van der Waals surface area contributed by atoms with E-state index in [0.717, 1.165) is 22.2 Å². The van der Waals surface area contributed by atoms with Crippen molar-refractivity contribution in [2.75, 3.05) is 6.61 Å². The monoisotopic (exact) mass is 425 g/mol. The molecule has 1 aromatic heterocycles. The van der Waals surface area contributed by atoms with E-state index in [1.807, 2.05) is 65.2 Å². The van der Waals surface area contributed by atoms with E-state index in [4.69, 9.17) is 4.74 Å². The standard InChI is InChI=1S/C27H23NO4/c1-3-32-27(31)26(30)24-17-28(16-19-7-5-4-6-8-19)25-14-13-22(15-23(24)25)21-11-9-20(10-12-21)18(2)29/h4-15,17H,3,16H2,1-2H3. The van der Waals surface area contributed by atoms with Crippen LogP contribution in [0.1, 0.15) is 40.1 Å². The van der Waals surface area contributed by atoms with Crippen molar-refractivity contribution < 1.29 is 19.1 Å². The SMILES string of the molecule is CCOC(=O)C(=O)c1cn(Cc2ccccc2)c2ccc(-c3ccc(C(C)=O)cc3)cc12. The van der Waals surface area contributed by atoms with Gasteiger partial charge < -0.3 is 9.30 Å². The molecule has 0 aliphatic rings. The molecule has 4 aromatic rings. The maximum atomic E-state index is 12.9. The van der Waals surface area contributed by atoms with Crippen molar-refractivity contribution in [3.63, 3.8) is 0 Å². The average Bonchev–Trinajstić information content (AvgIpc) is 3.17.